The highest BCUT2D eigenvalue weighted by atomic mass is 16.6. The Hall–Kier alpha value is -2.08. The van der Waals surface area contributed by atoms with Gasteiger partial charge in [0.05, 0.1) is 0 Å². The highest BCUT2D eigenvalue weighted by Crippen LogP contribution is 2.21. The van der Waals surface area contributed by atoms with Crippen LogP contribution in [0.3, 0.4) is 0 Å². The first-order valence-corrected chi connectivity index (χ1v) is 8.69. The summed E-state index contributed by atoms with van der Waals surface area (Å²) in [5, 5.41) is 0. The Morgan fingerprint density at radius 2 is 1.88 bits per heavy atom. The minimum absolute atomic E-state index is 0.0605. The molecular weight excluding hydrogens is 318 g/mol. The second-order valence-electron chi connectivity index (χ2n) is 7.82. The van der Waals surface area contributed by atoms with Crippen molar-refractivity contribution in [2.75, 3.05) is 13.1 Å². The van der Waals surface area contributed by atoms with Gasteiger partial charge in [-0.05, 0) is 52.3 Å². The number of hydrogen-bond donors (Lipinski definition) is 1. The number of primary amides is 1. The van der Waals surface area contributed by atoms with E-state index in [-0.39, 0.29) is 18.2 Å². The fourth-order valence-electron chi connectivity index (χ4n) is 3.05. The monoisotopic (exact) mass is 347 g/mol. The van der Waals surface area contributed by atoms with E-state index in [9.17, 15) is 9.59 Å². The summed E-state index contributed by atoms with van der Waals surface area (Å²) in [5.74, 6) is -0.419. The van der Waals surface area contributed by atoms with Crippen LogP contribution in [0, 0.1) is 0 Å². The number of carbonyl (C=O) groups excluding carboxylic acids is 2. The fourth-order valence-corrected chi connectivity index (χ4v) is 3.05. The van der Waals surface area contributed by atoms with E-state index in [0.29, 0.717) is 12.1 Å². The van der Waals surface area contributed by atoms with E-state index >= 15 is 0 Å². The van der Waals surface area contributed by atoms with Crippen LogP contribution in [0.4, 0.5) is 4.79 Å². The molecule has 2 atom stereocenters. The predicted octanol–water partition coefficient (Wildman–Crippen LogP) is 2.62. The molecule has 1 aliphatic rings. The lowest BCUT2D eigenvalue weighted by atomic mass is 10.1. The minimum Gasteiger partial charge on any atom is -0.444 e. The number of ether oxygens (including phenoxy) is 1. The molecule has 1 saturated heterocycles. The van der Waals surface area contributed by atoms with E-state index in [1.807, 2.05) is 45.9 Å². The van der Waals surface area contributed by atoms with Gasteiger partial charge >= 0.3 is 6.09 Å². The van der Waals surface area contributed by atoms with Crippen LogP contribution in [0.25, 0.3) is 0 Å². The molecule has 0 unspecified atom stereocenters. The Bertz CT molecular complexity index is 639. The SMILES string of the molecule is C[C@@H]1CN(C(=O)OC(C)(C)C)[C@H](C)CN1Cc1cccc(C(N)=O)c1. The smallest absolute Gasteiger partial charge is 0.410 e. The molecule has 1 fully saturated rings. The van der Waals surface area contributed by atoms with Gasteiger partial charge in [0.1, 0.15) is 5.60 Å². The maximum Gasteiger partial charge on any atom is 0.410 e. The Morgan fingerprint density at radius 1 is 1.20 bits per heavy atom. The number of rotatable bonds is 3. The van der Waals surface area contributed by atoms with Crippen molar-refractivity contribution >= 4 is 12.0 Å². The zero-order chi connectivity index (χ0) is 18.8. The number of amides is 2. The van der Waals surface area contributed by atoms with Gasteiger partial charge in [0.15, 0.2) is 0 Å². The van der Waals surface area contributed by atoms with Crippen molar-refractivity contribution < 1.29 is 14.3 Å². The molecule has 0 saturated carbocycles. The van der Waals surface area contributed by atoms with Gasteiger partial charge in [0, 0.05) is 37.3 Å². The van der Waals surface area contributed by atoms with Gasteiger partial charge in [0.2, 0.25) is 5.91 Å². The first-order valence-electron chi connectivity index (χ1n) is 8.69. The molecule has 1 aromatic carbocycles. The quantitative estimate of drug-likeness (QED) is 0.912. The summed E-state index contributed by atoms with van der Waals surface area (Å²) in [4.78, 5) is 27.8. The van der Waals surface area contributed by atoms with E-state index in [4.69, 9.17) is 10.5 Å². The van der Waals surface area contributed by atoms with E-state index in [2.05, 4.69) is 11.8 Å². The molecule has 2 N–H and O–H groups in total. The lowest BCUT2D eigenvalue weighted by molar-refractivity contribution is -0.0117. The zero-order valence-corrected chi connectivity index (χ0v) is 15.8. The zero-order valence-electron chi connectivity index (χ0n) is 15.8. The summed E-state index contributed by atoms with van der Waals surface area (Å²) in [7, 11) is 0. The largest absolute Gasteiger partial charge is 0.444 e. The molecule has 138 valence electrons. The van der Waals surface area contributed by atoms with Crippen LogP contribution in [0.1, 0.15) is 50.5 Å². The average Bonchev–Trinajstić information content (AvgIpc) is 2.49. The molecule has 6 nitrogen and oxygen atoms in total. The van der Waals surface area contributed by atoms with Gasteiger partial charge in [-0.2, -0.15) is 0 Å². The second kappa shape index (κ2) is 7.44. The number of benzene rings is 1. The Balaban J connectivity index is 2.03. The maximum atomic E-state index is 12.4. The van der Waals surface area contributed by atoms with E-state index < -0.39 is 11.5 Å². The van der Waals surface area contributed by atoms with E-state index in [1.165, 1.54) is 0 Å². The number of hydrogen-bond acceptors (Lipinski definition) is 4. The summed E-state index contributed by atoms with van der Waals surface area (Å²) in [5.41, 5.74) is 6.42. The number of nitrogens with zero attached hydrogens (tertiary/aromatic N) is 2. The van der Waals surface area contributed by atoms with Crippen molar-refractivity contribution in [2.45, 2.75) is 58.8 Å². The van der Waals surface area contributed by atoms with Crippen LogP contribution in [-0.4, -0.2) is 52.6 Å². The van der Waals surface area contributed by atoms with Crippen molar-refractivity contribution in [3.63, 3.8) is 0 Å². The Labute approximate surface area is 149 Å². The third-order valence-corrected chi connectivity index (χ3v) is 4.34. The van der Waals surface area contributed by atoms with Gasteiger partial charge in [-0.15, -0.1) is 0 Å². The summed E-state index contributed by atoms with van der Waals surface area (Å²) < 4.78 is 5.51. The highest BCUT2D eigenvalue weighted by molar-refractivity contribution is 5.92. The summed E-state index contributed by atoms with van der Waals surface area (Å²) in [6.45, 7) is 11.8. The molecule has 0 aromatic heterocycles. The predicted molar refractivity (Wildman–Crippen MR) is 97.2 cm³/mol. The lowest BCUT2D eigenvalue weighted by Crippen LogP contribution is -2.58. The van der Waals surface area contributed by atoms with Crippen LogP contribution in [0.5, 0.6) is 0 Å². The molecule has 2 rings (SSSR count). The molecular formula is C19H29N3O3. The Morgan fingerprint density at radius 3 is 2.48 bits per heavy atom. The summed E-state index contributed by atoms with van der Waals surface area (Å²) in [6, 6.07) is 7.65. The Kier molecular flexibility index (Phi) is 5.72. The molecule has 0 spiro atoms. The van der Waals surface area contributed by atoms with Gasteiger partial charge in [-0.25, -0.2) is 4.79 Å². The van der Waals surface area contributed by atoms with Crippen molar-refractivity contribution in [3.8, 4) is 0 Å². The molecule has 0 aliphatic carbocycles. The third-order valence-electron chi connectivity index (χ3n) is 4.34. The first-order chi connectivity index (χ1) is 11.6. The topological polar surface area (TPSA) is 75.9 Å². The first kappa shape index (κ1) is 19.2. The standard InChI is InChI=1S/C19H29N3O3/c1-13-11-22(18(24)25-19(3,4)5)14(2)10-21(13)12-15-7-6-8-16(9-15)17(20)23/h6-9,13-14H,10-12H2,1-5H3,(H2,20,23)/t13-,14-/m1/s1. The summed E-state index contributed by atoms with van der Waals surface area (Å²) in [6.07, 6.45) is -0.262. The van der Waals surface area contributed by atoms with E-state index in [0.717, 1.165) is 18.7 Å². The van der Waals surface area contributed by atoms with Crippen molar-refractivity contribution in [3.05, 3.63) is 35.4 Å². The third kappa shape index (κ3) is 5.19. The van der Waals surface area contributed by atoms with Crippen molar-refractivity contribution in [1.82, 2.24) is 9.80 Å². The highest BCUT2D eigenvalue weighted by Gasteiger charge is 2.34. The summed E-state index contributed by atoms with van der Waals surface area (Å²) >= 11 is 0. The molecule has 0 radical (unpaired) electrons. The van der Waals surface area contributed by atoms with Crippen molar-refractivity contribution in [1.29, 1.82) is 0 Å². The average molecular weight is 347 g/mol. The van der Waals surface area contributed by atoms with Crippen LogP contribution >= 0.6 is 0 Å². The normalized spacial score (nSPS) is 21.9. The van der Waals surface area contributed by atoms with E-state index in [1.54, 1.807) is 11.0 Å². The lowest BCUT2D eigenvalue weighted by Gasteiger charge is -2.44. The number of nitrogens with two attached hydrogens (primary N) is 1. The number of piperazine rings is 1. The maximum absolute atomic E-state index is 12.4. The fraction of sp³-hybridized carbons (Fsp3) is 0.579. The van der Waals surface area contributed by atoms with Crippen molar-refractivity contribution in [2.24, 2.45) is 5.73 Å². The molecule has 1 heterocycles. The van der Waals surface area contributed by atoms with Gasteiger partial charge in [0.25, 0.3) is 0 Å². The van der Waals surface area contributed by atoms with Gasteiger partial charge in [-0.3, -0.25) is 9.69 Å². The minimum atomic E-state index is -0.494. The molecule has 1 aliphatic heterocycles. The molecule has 2 amide bonds. The molecule has 0 bridgehead atoms. The van der Waals surface area contributed by atoms with Crippen LogP contribution in [-0.2, 0) is 11.3 Å². The molecule has 1 aromatic rings. The second-order valence-corrected chi connectivity index (χ2v) is 7.82. The van der Waals surface area contributed by atoms with Crippen LogP contribution < -0.4 is 5.73 Å². The van der Waals surface area contributed by atoms with Crippen LogP contribution in [0.15, 0.2) is 24.3 Å². The van der Waals surface area contributed by atoms with Crippen LogP contribution in [0.2, 0.25) is 0 Å². The van der Waals surface area contributed by atoms with Gasteiger partial charge in [-0.1, -0.05) is 12.1 Å². The number of carbonyl (C=O) groups is 2. The molecule has 6 heteroatoms. The van der Waals surface area contributed by atoms with Gasteiger partial charge < -0.3 is 15.4 Å². The molecule has 25 heavy (non-hydrogen) atoms.